The largest absolute Gasteiger partial charge is 0.417 e. The van der Waals surface area contributed by atoms with Crippen molar-refractivity contribution in [2.45, 2.75) is 0 Å². The van der Waals surface area contributed by atoms with Crippen LogP contribution in [0.1, 0.15) is 0 Å². The number of amides is 1. The van der Waals surface area contributed by atoms with Crippen LogP contribution in [0.3, 0.4) is 0 Å². The third-order valence-corrected chi connectivity index (χ3v) is 3.63. The van der Waals surface area contributed by atoms with Crippen molar-refractivity contribution in [2.75, 3.05) is 5.32 Å². The molecule has 0 spiro atoms. The van der Waals surface area contributed by atoms with E-state index in [0.717, 1.165) is 10.2 Å². The number of nitro benzene ring substituents is 1. The SMILES string of the molecule is Cl.O=C(Nc1ccc2ncsc2c1)Oc1ccc([N+](=O)[O-])cc1. The van der Waals surface area contributed by atoms with Crippen molar-refractivity contribution in [3.8, 4) is 5.75 Å². The van der Waals surface area contributed by atoms with Crippen molar-refractivity contribution in [3.05, 3.63) is 58.1 Å². The predicted octanol–water partition coefficient (Wildman–Crippen LogP) is 4.24. The number of nitrogens with one attached hydrogen (secondary N) is 1. The van der Waals surface area contributed by atoms with Gasteiger partial charge in [0.15, 0.2) is 0 Å². The lowest BCUT2D eigenvalue weighted by atomic mass is 10.3. The molecule has 0 saturated carbocycles. The second-order valence-corrected chi connectivity index (χ2v) is 5.19. The zero-order chi connectivity index (χ0) is 15.5. The number of rotatable bonds is 3. The van der Waals surface area contributed by atoms with Gasteiger partial charge in [0, 0.05) is 17.8 Å². The van der Waals surface area contributed by atoms with Crippen LogP contribution in [-0.2, 0) is 0 Å². The standard InChI is InChI=1S/C14H9N3O4S.ClH/c18-14(21-11-4-2-10(3-5-11)17(19)20)16-9-1-6-12-13(7-9)22-8-15-12;/h1-8H,(H,16,18);1H. The quantitative estimate of drug-likeness (QED) is 0.562. The minimum Gasteiger partial charge on any atom is -0.410 e. The molecule has 118 valence electrons. The number of carbonyl (C=O) groups is 1. The van der Waals surface area contributed by atoms with Crippen LogP contribution in [0.4, 0.5) is 16.2 Å². The average molecular weight is 352 g/mol. The summed E-state index contributed by atoms with van der Waals surface area (Å²) in [4.78, 5) is 26.0. The fourth-order valence-corrected chi connectivity index (χ4v) is 2.54. The highest BCUT2D eigenvalue weighted by Crippen LogP contribution is 2.22. The summed E-state index contributed by atoms with van der Waals surface area (Å²) in [6.45, 7) is 0. The van der Waals surface area contributed by atoms with Gasteiger partial charge in [-0.25, -0.2) is 9.78 Å². The van der Waals surface area contributed by atoms with E-state index in [-0.39, 0.29) is 23.8 Å². The van der Waals surface area contributed by atoms with Crippen LogP contribution in [0.25, 0.3) is 10.2 Å². The number of non-ortho nitro benzene ring substituents is 1. The first-order chi connectivity index (χ1) is 10.6. The summed E-state index contributed by atoms with van der Waals surface area (Å²) < 4.78 is 6.01. The second-order valence-electron chi connectivity index (χ2n) is 4.30. The molecule has 3 rings (SSSR count). The molecule has 0 aliphatic rings. The Morgan fingerprint density at radius 2 is 1.96 bits per heavy atom. The minimum atomic E-state index is -0.669. The number of nitro groups is 1. The second kappa shape index (κ2) is 7.03. The third kappa shape index (κ3) is 3.93. The van der Waals surface area contributed by atoms with Gasteiger partial charge in [0.1, 0.15) is 5.75 Å². The zero-order valence-electron chi connectivity index (χ0n) is 11.5. The Morgan fingerprint density at radius 1 is 1.22 bits per heavy atom. The number of hydrogen-bond acceptors (Lipinski definition) is 6. The van der Waals surface area contributed by atoms with Crippen molar-refractivity contribution in [1.29, 1.82) is 0 Å². The molecule has 0 aliphatic carbocycles. The highest BCUT2D eigenvalue weighted by atomic mass is 35.5. The molecule has 0 unspecified atom stereocenters. The van der Waals surface area contributed by atoms with Crippen molar-refractivity contribution in [2.24, 2.45) is 0 Å². The van der Waals surface area contributed by atoms with Gasteiger partial charge in [-0.2, -0.15) is 0 Å². The van der Waals surface area contributed by atoms with Crippen molar-refractivity contribution < 1.29 is 14.5 Å². The normalized spacial score (nSPS) is 9.91. The molecular weight excluding hydrogens is 342 g/mol. The lowest BCUT2D eigenvalue weighted by Gasteiger charge is -2.06. The summed E-state index contributed by atoms with van der Waals surface area (Å²) in [7, 11) is 0. The first kappa shape index (κ1) is 16.7. The van der Waals surface area contributed by atoms with Crippen molar-refractivity contribution >= 4 is 51.4 Å². The maximum atomic E-state index is 11.8. The van der Waals surface area contributed by atoms with Crippen LogP contribution in [0.5, 0.6) is 5.75 Å². The van der Waals surface area contributed by atoms with Crippen molar-refractivity contribution in [1.82, 2.24) is 4.98 Å². The fourth-order valence-electron chi connectivity index (χ4n) is 1.82. The van der Waals surface area contributed by atoms with Crippen LogP contribution >= 0.6 is 23.7 Å². The molecule has 0 saturated heterocycles. The molecule has 3 aromatic rings. The Labute approximate surface area is 140 Å². The number of hydrogen-bond donors (Lipinski definition) is 1. The van der Waals surface area contributed by atoms with Gasteiger partial charge in [-0.3, -0.25) is 15.4 Å². The lowest BCUT2D eigenvalue weighted by molar-refractivity contribution is -0.384. The van der Waals surface area contributed by atoms with E-state index in [1.165, 1.54) is 35.6 Å². The Bertz CT molecular complexity index is 851. The molecule has 0 fully saturated rings. The molecule has 0 radical (unpaired) electrons. The number of carbonyl (C=O) groups excluding carboxylic acids is 1. The molecule has 0 atom stereocenters. The number of fused-ring (bicyclic) bond motifs is 1. The number of nitrogens with zero attached hydrogens (tertiary/aromatic N) is 2. The van der Waals surface area contributed by atoms with E-state index in [0.29, 0.717) is 5.69 Å². The number of benzene rings is 2. The molecule has 23 heavy (non-hydrogen) atoms. The molecule has 1 amide bonds. The number of ether oxygens (including phenoxy) is 1. The summed E-state index contributed by atoms with van der Waals surface area (Å²) in [6.07, 6.45) is -0.669. The van der Waals surface area contributed by atoms with E-state index in [9.17, 15) is 14.9 Å². The molecule has 1 aromatic heterocycles. The van der Waals surface area contributed by atoms with Crippen molar-refractivity contribution in [3.63, 3.8) is 0 Å². The molecule has 0 bridgehead atoms. The predicted molar refractivity (Wildman–Crippen MR) is 89.6 cm³/mol. The Kier molecular flexibility index (Phi) is 5.09. The Hall–Kier alpha value is -2.71. The highest BCUT2D eigenvalue weighted by molar-refractivity contribution is 7.16. The van der Waals surface area contributed by atoms with Crippen LogP contribution in [0, 0.1) is 10.1 Å². The van der Waals surface area contributed by atoms with Crippen LogP contribution in [0.2, 0.25) is 0 Å². The Morgan fingerprint density at radius 3 is 2.65 bits per heavy atom. The van der Waals surface area contributed by atoms with E-state index in [1.54, 1.807) is 23.7 Å². The summed E-state index contributed by atoms with van der Waals surface area (Å²) in [5, 5.41) is 13.1. The van der Waals surface area contributed by atoms with Gasteiger partial charge in [-0.15, -0.1) is 23.7 Å². The van der Waals surface area contributed by atoms with Crippen LogP contribution < -0.4 is 10.1 Å². The highest BCUT2D eigenvalue weighted by Gasteiger charge is 2.09. The van der Waals surface area contributed by atoms with Crippen LogP contribution in [0.15, 0.2) is 48.0 Å². The first-order valence-corrected chi connectivity index (χ1v) is 7.06. The van der Waals surface area contributed by atoms with E-state index in [1.807, 2.05) is 0 Å². The van der Waals surface area contributed by atoms with E-state index in [2.05, 4.69) is 10.3 Å². The molecular formula is C14H10ClN3O4S. The van der Waals surface area contributed by atoms with Gasteiger partial charge in [0.05, 0.1) is 20.7 Å². The fraction of sp³-hybridized carbons (Fsp3) is 0. The molecule has 1 heterocycles. The zero-order valence-corrected chi connectivity index (χ0v) is 13.1. The van der Waals surface area contributed by atoms with E-state index in [4.69, 9.17) is 4.74 Å². The smallest absolute Gasteiger partial charge is 0.410 e. The van der Waals surface area contributed by atoms with Gasteiger partial charge < -0.3 is 4.74 Å². The van der Waals surface area contributed by atoms with Crippen LogP contribution in [-0.4, -0.2) is 16.0 Å². The van der Waals surface area contributed by atoms with E-state index < -0.39 is 11.0 Å². The maximum Gasteiger partial charge on any atom is 0.417 e. The summed E-state index contributed by atoms with van der Waals surface area (Å²) in [6, 6.07) is 10.6. The minimum absolute atomic E-state index is 0. The van der Waals surface area contributed by atoms with Gasteiger partial charge >= 0.3 is 6.09 Å². The first-order valence-electron chi connectivity index (χ1n) is 6.18. The van der Waals surface area contributed by atoms with Gasteiger partial charge in [-0.1, -0.05) is 0 Å². The molecule has 0 aliphatic heterocycles. The molecule has 7 nitrogen and oxygen atoms in total. The molecule has 9 heteroatoms. The number of aromatic nitrogens is 1. The summed E-state index contributed by atoms with van der Waals surface area (Å²) in [5.74, 6) is 0.224. The molecule has 1 N–H and O–H groups in total. The monoisotopic (exact) mass is 351 g/mol. The third-order valence-electron chi connectivity index (χ3n) is 2.84. The number of halogens is 1. The Balaban J connectivity index is 0.00000192. The van der Waals surface area contributed by atoms with Gasteiger partial charge in [0.25, 0.3) is 5.69 Å². The van der Waals surface area contributed by atoms with Gasteiger partial charge in [-0.05, 0) is 30.3 Å². The number of anilines is 1. The maximum absolute atomic E-state index is 11.8. The van der Waals surface area contributed by atoms with Gasteiger partial charge in [0.2, 0.25) is 0 Å². The average Bonchev–Trinajstić information content (AvgIpc) is 2.95. The lowest BCUT2D eigenvalue weighted by Crippen LogP contribution is -2.16. The molecule has 2 aromatic carbocycles. The van der Waals surface area contributed by atoms with E-state index >= 15 is 0 Å². The topological polar surface area (TPSA) is 94.4 Å². The summed E-state index contributed by atoms with van der Waals surface area (Å²) in [5.41, 5.74) is 3.11. The number of thiazole rings is 1. The summed E-state index contributed by atoms with van der Waals surface area (Å²) >= 11 is 1.47.